The average Bonchev–Trinajstić information content (AvgIpc) is 2.85. The van der Waals surface area contributed by atoms with Crippen LogP contribution in [0, 0.1) is 6.92 Å². The minimum atomic E-state index is -0.0796. The Balaban J connectivity index is 2.06. The highest BCUT2D eigenvalue weighted by atomic mass is 16.1. The minimum absolute atomic E-state index is 0.0594. The summed E-state index contributed by atoms with van der Waals surface area (Å²) in [6.45, 7) is 2.64. The van der Waals surface area contributed by atoms with E-state index in [-0.39, 0.29) is 11.9 Å². The van der Waals surface area contributed by atoms with Gasteiger partial charge in [0.15, 0.2) is 0 Å². The number of hydrogen-bond donors (Lipinski definition) is 2. The summed E-state index contributed by atoms with van der Waals surface area (Å²) < 4.78 is 0. The van der Waals surface area contributed by atoms with Gasteiger partial charge in [-0.1, -0.05) is 30.3 Å². The molecule has 0 saturated carbocycles. The number of hydrogen-bond acceptors (Lipinski definition) is 3. The molecule has 5 nitrogen and oxygen atoms in total. The number of likely N-dealkylation sites (N-methyl/N-ethyl adjacent to an activating group) is 1. The molecule has 1 aromatic heterocycles. The fourth-order valence-electron chi connectivity index (χ4n) is 2.34. The Morgan fingerprint density at radius 3 is 2.62 bits per heavy atom. The molecule has 0 saturated heterocycles. The molecule has 0 aliphatic carbocycles. The molecular formula is C16H22N4O. The van der Waals surface area contributed by atoms with Gasteiger partial charge in [-0.3, -0.25) is 9.89 Å². The van der Waals surface area contributed by atoms with Crippen LogP contribution in [0.25, 0.3) is 0 Å². The van der Waals surface area contributed by atoms with Crippen molar-refractivity contribution in [2.75, 3.05) is 20.6 Å². The number of H-pyrrole nitrogens is 1. The minimum Gasteiger partial charge on any atom is -0.348 e. The Hall–Kier alpha value is -2.14. The molecule has 2 N–H and O–H groups in total. The van der Waals surface area contributed by atoms with Gasteiger partial charge in [-0.2, -0.15) is 5.10 Å². The zero-order valence-corrected chi connectivity index (χ0v) is 12.8. The molecule has 5 heteroatoms. The van der Waals surface area contributed by atoms with Gasteiger partial charge in [-0.15, -0.1) is 0 Å². The standard InChI is InChI=1S/C16H22N4O/c1-12-15(10-17-19-12)16(21)18-14(11-20(2)3)9-13-7-5-4-6-8-13/h4-8,10,14H,9,11H2,1-3H3,(H,17,19)(H,18,21). The molecule has 1 heterocycles. The molecule has 1 amide bonds. The third-order valence-electron chi connectivity index (χ3n) is 3.32. The van der Waals surface area contributed by atoms with Crippen LogP contribution in [0.2, 0.25) is 0 Å². The Morgan fingerprint density at radius 2 is 2.05 bits per heavy atom. The zero-order chi connectivity index (χ0) is 15.2. The Kier molecular flexibility index (Phi) is 5.11. The predicted molar refractivity (Wildman–Crippen MR) is 83.3 cm³/mol. The van der Waals surface area contributed by atoms with E-state index in [4.69, 9.17) is 0 Å². The molecule has 2 rings (SSSR count). The maximum absolute atomic E-state index is 12.3. The molecule has 0 fully saturated rings. The normalized spacial score (nSPS) is 12.4. The topological polar surface area (TPSA) is 61.0 Å². The van der Waals surface area contributed by atoms with Crippen LogP contribution in [0.1, 0.15) is 21.6 Å². The van der Waals surface area contributed by atoms with Crippen molar-refractivity contribution < 1.29 is 4.79 Å². The van der Waals surface area contributed by atoms with Gasteiger partial charge >= 0.3 is 0 Å². The van der Waals surface area contributed by atoms with E-state index in [1.54, 1.807) is 6.20 Å². The van der Waals surface area contributed by atoms with E-state index < -0.39 is 0 Å². The Labute approximate surface area is 125 Å². The van der Waals surface area contributed by atoms with Crippen molar-refractivity contribution in [2.24, 2.45) is 0 Å². The Morgan fingerprint density at radius 1 is 1.33 bits per heavy atom. The van der Waals surface area contributed by atoms with Gasteiger partial charge in [0.2, 0.25) is 0 Å². The van der Waals surface area contributed by atoms with Gasteiger partial charge in [0.1, 0.15) is 0 Å². The van der Waals surface area contributed by atoms with Gasteiger partial charge in [-0.05, 0) is 33.0 Å². The Bertz CT molecular complexity index is 577. The van der Waals surface area contributed by atoms with Gasteiger partial charge < -0.3 is 10.2 Å². The van der Waals surface area contributed by atoms with Crippen LogP contribution in [0.3, 0.4) is 0 Å². The molecular weight excluding hydrogens is 264 g/mol. The largest absolute Gasteiger partial charge is 0.348 e. The molecule has 0 aliphatic rings. The zero-order valence-electron chi connectivity index (χ0n) is 12.8. The maximum atomic E-state index is 12.3. The SMILES string of the molecule is Cc1[nH]ncc1C(=O)NC(Cc1ccccc1)CN(C)C. The molecule has 0 radical (unpaired) electrons. The molecule has 1 atom stereocenters. The number of rotatable bonds is 6. The number of benzene rings is 1. The van der Waals surface area contributed by atoms with Crippen molar-refractivity contribution in [1.29, 1.82) is 0 Å². The van der Waals surface area contributed by atoms with Crippen LogP contribution in [0.4, 0.5) is 0 Å². The monoisotopic (exact) mass is 286 g/mol. The van der Waals surface area contributed by atoms with Gasteiger partial charge in [-0.25, -0.2) is 0 Å². The molecule has 2 aromatic rings. The highest BCUT2D eigenvalue weighted by Gasteiger charge is 2.17. The smallest absolute Gasteiger partial charge is 0.255 e. The van der Waals surface area contributed by atoms with E-state index in [0.29, 0.717) is 5.56 Å². The second kappa shape index (κ2) is 7.04. The first kappa shape index (κ1) is 15.3. The summed E-state index contributed by atoms with van der Waals surface area (Å²) in [6, 6.07) is 10.3. The van der Waals surface area contributed by atoms with Crippen LogP contribution in [0.15, 0.2) is 36.5 Å². The van der Waals surface area contributed by atoms with Crippen LogP contribution in [-0.4, -0.2) is 47.7 Å². The molecule has 0 bridgehead atoms. The van der Waals surface area contributed by atoms with E-state index in [0.717, 1.165) is 18.7 Å². The summed E-state index contributed by atoms with van der Waals surface area (Å²) in [6.07, 6.45) is 2.38. The summed E-state index contributed by atoms with van der Waals surface area (Å²) in [4.78, 5) is 14.4. The summed E-state index contributed by atoms with van der Waals surface area (Å²) in [5.74, 6) is -0.0796. The molecule has 0 spiro atoms. The van der Waals surface area contributed by atoms with Gasteiger partial charge in [0, 0.05) is 18.3 Å². The average molecular weight is 286 g/mol. The molecule has 1 aromatic carbocycles. The number of carbonyl (C=O) groups excluding carboxylic acids is 1. The molecule has 112 valence electrons. The highest BCUT2D eigenvalue weighted by molar-refractivity contribution is 5.95. The van der Waals surface area contributed by atoms with E-state index in [2.05, 4.69) is 32.5 Å². The van der Waals surface area contributed by atoms with Gasteiger partial charge in [0.25, 0.3) is 5.91 Å². The third-order valence-corrected chi connectivity index (χ3v) is 3.32. The van der Waals surface area contributed by atoms with Crippen molar-refractivity contribution >= 4 is 5.91 Å². The van der Waals surface area contributed by atoms with E-state index in [1.807, 2.05) is 39.2 Å². The lowest BCUT2D eigenvalue weighted by atomic mass is 10.1. The van der Waals surface area contributed by atoms with Crippen LogP contribution in [0.5, 0.6) is 0 Å². The number of amides is 1. The van der Waals surface area contributed by atoms with Crippen molar-refractivity contribution in [2.45, 2.75) is 19.4 Å². The van der Waals surface area contributed by atoms with E-state index >= 15 is 0 Å². The lowest BCUT2D eigenvalue weighted by Gasteiger charge is -2.22. The van der Waals surface area contributed by atoms with Crippen LogP contribution in [-0.2, 0) is 6.42 Å². The van der Waals surface area contributed by atoms with Gasteiger partial charge in [0.05, 0.1) is 11.8 Å². The maximum Gasteiger partial charge on any atom is 0.255 e. The first-order valence-corrected chi connectivity index (χ1v) is 7.05. The molecule has 1 unspecified atom stereocenters. The summed E-state index contributed by atoms with van der Waals surface area (Å²) in [5.41, 5.74) is 2.61. The summed E-state index contributed by atoms with van der Waals surface area (Å²) in [5, 5.41) is 9.79. The highest BCUT2D eigenvalue weighted by Crippen LogP contribution is 2.07. The first-order chi connectivity index (χ1) is 10.1. The van der Waals surface area contributed by atoms with Crippen LogP contribution >= 0.6 is 0 Å². The van der Waals surface area contributed by atoms with Crippen molar-refractivity contribution in [3.05, 3.63) is 53.3 Å². The van der Waals surface area contributed by atoms with E-state index in [1.165, 1.54) is 5.56 Å². The van der Waals surface area contributed by atoms with Crippen LogP contribution < -0.4 is 5.32 Å². The van der Waals surface area contributed by atoms with E-state index in [9.17, 15) is 4.79 Å². The second-order valence-electron chi connectivity index (χ2n) is 5.53. The quantitative estimate of drug-likeness (QED) is 0.848. The number of aromatic nitrogens is 2. The fraction of sp³-hybridized carbons (Fsp3) is 0.375. The fourth-order valence-corrected chi connectivity index (χ4v) is 2.34. The molecule has 0 aliphatic heterocycles. The lowest BCUT2D eigenvalue weighted by molar-refractivity contribution is 0.0929. The number of nitrogens with one attached hydrogen (secondary N) is 2. The third kappa shape index (κ3) is 4.43. The lowest BCUT2D eigenvalue weighted by Crippen LogP contribution is -2.43. The van der Waals surface area contributed by atoms with Crippen molar-refractivity contribution in [3.8, 4) is 0 Å². The summed E-state index contributed by atoms with van der Waals surface area (Å²) in [7, 11) is 4.01. The summed E-state index contributed by atoms with van der Waals surface area (Å²) >= 11 is 0. The molecule has 21 heavy (non-hydrogen) atoms. The second-order valence-corrected chi connectivity index (χ2v) is 5.53. The number of aryl methyl sites for hydroxylation is 1. The first-order valence-electron chi connectivity index (χ1n) is 7.05. The number of aromatic amines is 1. The number of carbonyl (C=O) groups is 1. The number of nitrogens with zero attached hydrogens (tertiary/aromatic N) is 2. The van der Waals surface area contributed by atoms with Crippen molar-refractivity contribution in [1.82, 2.24) is 20.4 Å². The predicted octanol–water partition coefficient (Wildman–Crippen LogP) is 1.62. The van der Waals surface area contributed by atoms with Crippen molar-refractivity contribution in [3.63, 3.8) is 0 Å².